The van der Waals surface area contributed by atoms with Crippen molar-refractivity contribution in [3.8, 4) is 0 Å². The predicted molar refractivity (Wildman–Crippen MR) is 117 cm³/mol. The average Bonchev–Trinajstić information content (AvgIpc) is 3.23. The average molecular weight is 409 g/mol. The van der Waals surface area contributed by atoms with Crippen molar-refractivity contribution in [2.45, 2.75) is 12.8 Å². The van der Waals surface area contributed by atoms with Crippen molar-refractivity contribution < 1.29 is 4.79 Å². The van der Waals surface area contributed by atoms with Crippen LogP contribution in [0.25, 0.3) is 0 Å². The zero-order chi connectivity index (χ0) is 20.1. The van der Waals surface area contributed by atoms with Crippen LogP contribution in [0.1, 0.15) is 28.9 Å². The lowest BCUT2D eigenvalue weighted by molar-refractivity contribution is 0.0932. The Hall–Kier alpha value is -2.50. The second-order valence-electron chi connectivity index (χ2n) is 7.66. The highest BCUT2D eigenvalue weighted by molar-refractivity contribution is 6.30. The van der Waals surface area contributed by atoms with Crippen LogP contribution in [0.15, 0.2) is 65.3 Å². The van der Waals surface area contributed by atoms with Gasteiger partial charge in [-0.3, -0.25) is 14.7 Å². The van der Waals surface area contributed by atoms with Gasteiger partial charge in [0.2, 0.25) is 0 Å². The van der Waals surface area contributed by atoms with Gasteiger partial charge in [0.15, 0.2) is 0 Å². The van der Waals surface area contributed by atoms with Gasteiger partial charge in [0, 0.05) is 19.3 Å². The number of likely N-dealkylation sites (tertiary alicyclic amines) is 1. The van der Waals surface area contributed by atoms with Crippen LogP contribution in [0.4, 0.5) is 0 Å². The van der Waals surface area contributed by atoms with Crippen molar-refractivity contribution in [3.63, 3.8) is 0 Å². The third-order valence-corrected chi connectivity index (χ3v) is 5.73. The van der Waals surface area contributed by atoms with Crippen LogP contribution in [-0.4, -0.2) is 54.2 Å². The van der Waals surface area contributed by atoms with Crippen LogP contribution in [0.3, 0.4) is 0 Å². The molecule has 0 radical (unpaired) electrons. The van der Waals surface area contributed by atoms with Gasteiger partial charge in [-0.15, -0.1) is 0 Å². The molecule has 1 N–H and O–H groups in total. The standard InChI is InChI=1S/C23H25ClN4O/c24-20-6-7-21(26-15-20)23(29)27-13-17-8-10-28(11-9-17)16-18-12-22(25-14-18)19-4-2-1-3-5-19/h1-7,12,15,17H,8-11,13-14,16H2,(H,27,29). The molecule has 1 saturated heterocycles. The molecule has 150 valence electrons. The van der Waals surface area contributed by atoms with Crippen molar-refractivity contribution in [1.82, 2.24) is 15.2 Å². The number of aliphatic imine (C=N–C) groups is 1. The highest BCUT2D eigenvalue weighted by atomic mass is 35.5. The van der Waals surface area contributed by atoms with E-state index in [1.54, 1.807) is 12.1 Å². The first-order chi connectivity index (χ1) is 14.2. The molecule has 4 rings (SSSR count). The van der Waals surface area contributed by atoms with E-state index in [2.05, 4.69) is 50.5 Å². The van der Waals surface area contributed by atoms with Crippen LogP contribution < -0.4 is 5.32 Å². The van der Waals surface area contributed by atoms with E-state index in [1.165, 1.54) is 17.3 Å². The van der Waals surface area contributed by atoms with Gasteiger partial charge in [0.25, 0.3) is 5.91 Å². The second kappa shape index (κ2) is 9.33. The van der Waals surface area contributed by atoms with Crippen LogP contribution in [-0.2, 0) is 0 Å². The fourth-order valence-electron chi connectivity index (χ4n) is 3.82. The summed E-state index contributed by atoms with van der Waals surface area (Å²) >= 11 is 5.82. The maximum absolute atomic E-state index is 12.2. The monoisotopic (exact) mass is 408 g/mol. The lowest BCUT2D eigenvalue weighted by Crippen LogP contribution is -2.39. The number of nitrogens with one attached hydrogen (secondary N) is 1. The van der Waals surface area contributed by atoms with Gasteiger partial charge >= 0.3 is 0 Å². The number of allylic oxidation sites excluding steroid dienone is 1. The topological polar surface area (TPSA) is 57.6 Å². The van der Waals surface area contributed by atoms with Crippen molar-refractivity contribution in [2.75, 3.05) is 32.7 Å². The molecule has 0 bridgehead atoms. The molecule has 0 spiro atoms. The molecule has 0 unspecified atom stereocenters. The smallest absolute Gasteiger partial charge is 0.269 e. The van der Waals surface area contributed by atoms with Crippen molar-refractivity contribution in [1.29, 1.82) is 0 Å². The van der Waals surface area contributed by atoms with E-state index in [0.717, 1.165) is 44.7 Å². The van der Waals surface area contributed by atoms with Gasteiger partial charge in [-0.25, -0.2) is 4.98 Å². The third kappa shape index (κ3) is 5.31. The van der Waals surface area contributed by atoms with E-state index in [4.69, 9.17) is 11.6 Å². The molecule has 1 aromatic heterocycles. The fraction of sp³-hybridized carbons (Fsp3) is 0.348. The Bertz CT molecular complexity index is 900. The largest absolute Gasteiger partial charge is 0.350 e. The zero-order valence-electron chi connectivity index (χ0n) is 16.4. The Morgan fingerprint density at radius 2 is 1.93 bits per heavy atom. The Balaban J connectivity index is 1.20. The van der Waals surface area contributed by atoms with Crippen LogP contribution in [0.5, 0.6) is 0 Å². The Morgan fingerprint density at radius 1 is 1.14 bits per heavy atom. The van der Waals surface area contributed by atoms with Gasteiger partial charge in [0.05, 0.1) is 17.3 Å². The number of pyridine rings is 1. The molecule has 3 heterocycles. The van der Waals surface area contributed by atoms with Crippen molar-refractivity contribution in [2.24, 2.45) is 10.9 Å². The molecule has 2 aliphatic rings. The molecule has 0 atom stereocenters. The van der Waals surface area contributed by atoms with E-state index < -0.39 is 0 Å². The van der Waals surface area contributed by atoms with Gasteiger partial charge in [-0.2, -0.15) is 0 Å². The van der Waals surface area contributed by atoms with Crippen LogP contribution in [0.2, 0.25) is 5.02 Å². The summed E-state index contributed by atoms with van der Waals surface area (Å²) in [5.41, 5.74) is 4.07. The summed E-state index contributed by atoms with van der Waals surface area (Å²) in [5.74, 6) is 0.377. The van der Waals surface area contributed by atoms with E-state index in [-0.39, 0.29) is 5.91 Å². The number of aromatic nitrogens is 1. The predicted octanol–water partition coefficient (Wildman–Crippen LogP) is 3.61. The first-order valence-corrected chi connectivity index (χ1v) is 10.5. The van der Waals surface area contributed by atoms with Crippen molar-refractivity contribution >= 4 is 23.2 Å². The number of carbonyl (C=O) groups is 1. The number of nitrogens with zero attached hydrogens (tertiary/aromatic N) is 3. The minimum Gasteiger partial charge on any atom is -0.350 e. The highest BCUT2D eigenvalue weighted by Gasteiger charge is 2.21. The molecule has 2 aliphatic heterocycles. The SMILES string of the molecule is O=C(NCC1CCN(CC2=CC(c3ccccc3)=NC2)CC1)c1ccc(Cl)cn1. The molecular weight excluding hydrogens is 384 g/mol. The van der Waals surface area contributed by atoms with Crippen LogP contribution in [0, 0.1) is 5.92 Å². The molecule has 29 heavy (non-hydrogen) atoms. The van der Waals surface area contributed by atoms with Gasteiger partial charge < -0.3 is 5.32 Å². The van der Waals surface area contributed by atoms with E-state index in [0.29, 0.717) is 23.2 Å². The first kappa shape index (κ1) is 19.8. The van der Waals surface area contributed by atoms with Gasteiger partial charge in [-0.1, -0.05) is 41.9 Å². The molecule has 1 amide bonds. The van der Waals surface area contributed by atoms with Crippen LogP contribution >= 0.6 is 11.6 Å². The maximum Gasteiger partial charge on any atom is 0.269 e. The lowest BCUT2D eigenvalue weighted by atomic mass is 9.96. The number of amides is 1. The summed E-state index contributed by atoms with van der Waals surface area (Å²) in [6.07, 6.45) is 5.92. The molecule has 0 aliphatic carbocycles. The number of hydrogen-bond donors (Lipinski definition) is 1. The number of carbonyl (C=O) groups excluding carboxylic acids is 1. The summed E-state index contributed by atoms with van der Waals surface area (Å²) in [6, 6.07) is 13.7. The summed E-state index contributed by atoms with van der Waals surface area (Å²) < 4.78 is 0. The fourth-order valence-corrected chi connectivity index (χ4v) is 3.94. The van der Waals surface area contributed by atoms with Gasteiger partial charge in [0.1, 0.15) is 5.69 Å². The number of hydrogen-bond acceptors (Lipinski definition) is 4. The third-order valence-electron chi connectivity index (χ3n) is 5.51. The number of benzene rings is 1. The quantitative estimate of drug-likeness (QED) is 0.794. The maximum atomic E-state index is 12.2. The van der Waals surface area contributed by atoms with Gasteiger partial charge in [-0.05, 0) is 61.2 Å². The normalized spacial score (nSPS) is 17.7. The number of piperidine rings is 1. The lowest BCUT2D eigenvalue weighted by Gasteiger charge is -2.32. The molecule has 1 fully saturated rings. The summed E-state index contributed by atoms with van der Waals surface area (Å²) in [5, 5.41) is 3.54. The second-order valence-corrected chi connectivity index (χ2v) is 8.10. The Labute approximate surface area is 176 Å². The molecular formula is C23H25ClN4O. The van der Waals surface area contributed by atoms with E-state index in [9.17, 15) is 4.79 Å². The Kier molecular flexibility index (Phi) is 6.37. The van der Waals surface area contributed by atoms with E-state index >= 15 is 0 Å². The minimum atomic E-state index is -0.134. The van der Waals surface area contributed by atoms with Crippen molar-refractivity contribution in [3.05, 3.63) is 76.6 Å². The highest BCUT2D eigenvalue weighted by Crippen LogP contribution is 2.20. The molecule has 2 aromatic rings. The Morgan fingerprint density at radius 3 is 2.66 bits per heavy atom. The molecule has 6 heteroatoms. The zero-order valence-corrected chi connectivity index (χ0v) is 17.1. The molecule has 1 aromatic carbocycles. The molecule has 5 nitrogen and oxygen atoms in total. The number of halogens is 1. The van der Waals surface area contributed by atoms with E-state index in [1.807, 2.05) is 6.07 Å². The number of rotatable bonds is 6. The summed E-state index contributed by atoms with van der Waals surface area (Å²) in [7, 11) is 0. The first-order valence-electron chi connectivity index (χ1n) is 10.1. The summed E-state index contributed by atoms with van der Waals surface area (Å²) in [4.78, 5) is 23.4. The molecule has 0 saturated carbocycles. The minimum absolute atomic E-state index is 0.134. The summed E-state index contributed by atoms with van der Waals surface area (Å²) in [6.45, 7) is 4.58.